The number of benzene rings is 2. The highest BCUT2D eigenvalue weighted by atomic mass is 16.5. The molecule has 5 nitrogen and oxygen atoms in total. The highest BCUT2D eigenvalue weighted by Gasteiger charge is 2.45. The second kappa shape index (κ2) is 6.50. The summed E-state index contributed by atoms with van der Waals surface area (Å²) >= 11 is 0. The van der Waals surface area contributed by atoms with E-state index in [1.54, 1.807) is 0 Å². The number of carbonyl (C=O) groups is 1. The Kier molecular flexibility index (Phi) is 4.19. The number of amides is 2. The van der Waals surface area contributed by atoms with Crippen molar-refractivity contribution in [1.29, 1.82) is 0 Å². The molecule has 25 heavy (non-hydrogen) atoms. The van der Waals surface area contributed by atoms with E-state index in [0.717, 1.165) is 42.9 Å². The lowest BCUT2D eigenvalue weighted by atomic mass is 9.93. The summed E-state index contributed by atoms with van der Waals surface area (Å²) < 4.78 is 5.97. The lowest BCUT2D eigenvalue weighted by Crippen LogP contribution is -2.40. The summed E-state index contributed by atoms with van der Waals surface area (Å²) in [6, 6.07) is 16.0. The quantitative estimate of drug-likeness (QED) is 0.802. The zero-order valence-corrected chi connectivity index (χ0v) is 14.3. The molecule has 4 rings (SSSR count). The average molecular weight is 337 g/mol. The van der Waals surface area contributed by atoms with Crippen LogP contribution in [0.4, 0.5) is 16.2 Å². The van der Waals surface area contributed by atoms with Crippen LogP contribution < -0.4 is 16.0 Å². The molecule has 2 aliphatic rings. The minimum Gasteiger partial charge on any atom is -0.372 e. The normalized spacial score (nSPS) is 24.3. The van der Waals surface area contributed by atoms with Gasteiger partial charge in [0.1, 0.15) is 0 Å². The van der Waals surface area contributed by atoms with E-state index in [1.807, 2.05) is 43.3 Å². The summed E-state index contributed by atoms with van der Waals surface area (Å²) in [6.07, 6.45) is 2.00. The molecule has 2 bridgehead atoms. The topological polar surface area (TPSA) is 62.4 Å². The smallest absolute Gasteiger partial charge is 0.323 e. The van der Waals surface area contributed by atoms with Crippen LogP contribution in [0.1, 0.15) is 17.5 Å². The van der Waals surface area contributed by atoms with Crippen molar-refractivity contribution in [3.8, 4) is 0 Å². The van der Waals surface area contributed by atoms with Gasteiger partial charge in [-0.15, -0.1) is 0 Å². The number of carbonyl (C=O) groups excluding carboxylic acids is 1. The van der Waals surface area contributed by atoms with E-state index in [-0.39, 0.29) is 11.6 Å². The molecule has 2 aromatic rings. The van der Waals surface area contributed by atoms with Crippen molar-refractivity contribution in [2.45, 2.75) is 31.4 Å². The third kappa shape index (κ3) is 3.52. The van der Waals surface area contributed by atoms with Crippen LogP contribution in [0.15, 0.2) is 48.5 Å². The lowest BCUT2D eigenvalue weighted by Gasteiger charge is -2.26. The molecule has 0 saturated carbocycles. The number of anilines is 2. The average Bonchev–Trinajstić information content (AvgIpc) is 3.19. The molecule has 5 heteroatoms. The number of ether oxygens (including phenoxy) is 1. The first-order chi connectivity index (χ1) is 12.1. The van der Waals surface area contributed by atoms with Gasteiger partial charge in [0.25, 0.3) is 0 Å². The molecule has 2 saturated heterocycles. The van der Waals surface area contributed by atoms with E-state index in [4.69, 9.17) is 4.74 Å². The number of rotatable bonds is 4. The molecule has 0 spiro atoms. The third-order valence-electron chi connectivity index (χ3n) is 5.05. The van der Waals surface area contributed by atoms with Gasteiger partial charge in [0.2, 0.25) is 0 Å². The number of nitrogens with one attached hydrogen (secondary N) is 3. The number of aryl methyl sites for hydroxylation is 1. The van der Waals surface area contributed by atoms with Gasteiger partial charge in [-0.25, -0.2) is 4.79 Å². The summed E-state index contributed by atoms with van der Waals surface area (Å²) in [6.45, 7) is 3.71. The Hall–Kier alpha value is -2.37. The minimum absolute atomic E-state index is 0.0399. The Morgan fingerprint density at radius 3 is 2.64 bits per heavy atom. The van der Waals surface area contributed by atoms with Gasteiger partial charge in [0, 0.05) is 30.4 Å². The fourth-order valence-corrected chi connectivity index (χ4v) is 3.69. The van der Waals surface area contributed by atoms with E-state index in [1.165, 1.54) is 5.56 Å². The first-order valence-corrected chi connectivity index (χ1v) is 8.72. The summed E-state index contributed by atoms with van der Waals surface area (Å²) in [7, 11) is 0. The fraction of sp³-hybridized carbons (Fsp3) is 0.350. The number of fused-ring (bicyclic) bond motifs is 2. The second-order valence-corrected chi connectivity index (χ2v) is 7.04. The van der Waals surface area contributed by atoms with Crippen molar-refractivity contribution < 1.29 is 9.53 Å². The van der Waals surface area contributed by atoms with Crippen LogP contribution in [-0.2, 0) is 11.2 Å². The molecule has 2 amide bonds. The van der Waals surface area contributed by atoms with E-state index in [9.17, 15) is 4.79 Å². The maximum atomic E-state index is 12.2. The standard InChI is InChI=1S/C20H23N3O2/c1-14-4-2-3-5-18(14)23-19(24)22-16-8-6-15(7-9-16)10-20-11-17(12-25-20)21-13-20/h2-9,17,21H,10-13H2,1H3,(H2,22,23,24)/t17-,20-/m1/s1. The molecule has 0 unspecified atom stereocenters. The fourth-order valence-electron chi connectivity index (χ4n) is 3.69. The summed E-state index contributed by atoms with van der Waals surface area (Å²) in [5, 5.41) is 9.24. The lowest BCUT2D eigenvalue weighted by molar-refractivity contribution is -0.00521. The van der Waals surface area contributed by atoms with Crippen molar-refractivity contribution in [2.24, 2.45) is 0 Å². The molecular formula is C20H23N3O2. The second-order valence-electron chi connectivity index (χ2n) is 7.04. The monoisotopic (exact) mass is 337 g/mol. The van der Waals surface area contributed by atoms with Gasteiger partial charge in [-0.3, -0.25) is 0 Å². The largest absolute Gasteiger partial charge is 0.372 e. The van der Waals surface area contributed by atoms with Crippen LogP contribution in [0.3, 0.4) is 0 Å². The first kappa shape index (κ1) is 16.1. The molecule has 2 atom stereocenters. The molecule has 2 aliphatic heterocycles. The van der Waals surface area contributed by atoms with Crippen LogP contribution in [0.25, 0.3) is 0 Å². The Morgan fingerprint density at radius 1 is 1.20 bits per heavy atom. The predicted octanol–water partition coefficient (Wildman–Crippen LogP) is 3.31. The van der Waals surface area contributed by atoms with Crippen LogP contribution in [0.5, 0.6) is 0 Å². The van der Waals surface area contributed by atoms with E-state index < -0.39 is 0 Å². The third-order valence-corrected chi connectivity index (χ3v) is 5.05. The summed E-state index contributed by atoms with van der Waals surface area (Å²) in [5.74, 6) is 0. The Labute approximate surface area is 147 Å². The van der Waals surface area contributed by atoms with Gasteiger partial charge in [-0.05, 0) is 42.7 Å². The Morgan fingerprint density at radius 2 is 2.00 bits per heavy atom. The molecule has 3 N–H and O–H groups in total. The zero-order valence-electron chi connectivity index (χ0n) is 14.3. The SMILES string of the molecule is Cc1ccccc1NC(=O)Nc1ccc(C[C@@]23CN[C@@H](CO2)C3)cc1. The molecule has 2 fully saturated rings. The van der Waals surface area contributed by atoms with E-state index >= 15 is 0 Å². The molecule has 2 heterocycles. The maximum Gasteiger partial charge on any atom is 0.323 e. The Bertz CT molecular complexity index is 765. The van der Waals surface area contributed by atoms with Gasteiger partial charge < -0.3 is 20.7 Å². The highest BCUT2D eigenvalue weighted by Crippen LogP contribution is 2.34. The van der Waals surface area contributed by atoms with E-state index in [0.29, 0.717) is 6.04 Å². The maximum absolute atomic E-state index is 12.2. The van der Waals surface area contributed by atoms with E-state index in [2.05, 4.69) is 28.1 Å². The molecule has 0 aliphatic carbocycles. The number of morpholine rings is 1. The first-order valence-electron chi connectivity index (χ1n) is 8.72. The van der Waals surface area contributed by atoms with Gasteiger partial charge in [-0.2, -0.15) is 0 Å². The molecule has 2 aromatic carbocycles. The molecule has 0 aromatic heterocycles. The zero-order chi connectivity index (χ0) is 17.3. The van der Waals surface area contributed by atoms with Crippen LogP contribution in [0.2, 0.25) is 0 Å². The van der Waals surface area contributed by atoms with Crippen molar-refractivity contribution >= 4 is 17.4 Å². The Balaban J connectivity index is 1.36. The number of para-hydroxylation sites is 1. The van der Waals surface area contributed by atoms with Crippen LogP contribution in [-0.4, -0.2) is 30.8 Å². The van der Waals surface area contributed by atoms with Crippen molar-refractivity contribution in [3.05, 3.63) is 59.7 Å². The molecule has 130 valence electrons. The van der Waals surface area contributed by atoms with Gasteiger partial charge in [0.05, 0.1) is 12.2 Å². The number of hydrogen-bond acceptors (Lipinski definition) is 3. The van der Waals surface area contributed by atoms with Gasteiger partial charge in [0.15, 0.2) is 0 Å². The minimum atomic E-state index is -0.234. The summed E-state index contributed by atoms with van der Waals surface area (Å²) in [5.41, 5.74) is 3.82. The molecule has 0 radical (unpaired) electrons. The highest BCUT2D eigenvalue weighted by molar-refractivity contribution is 6.00. The van der Waals surface area contributed by atoms with Gasteiger partial charge in [-0.1, -0.05) is 30.3 Å². The molecular weight excluding hydrogens is 314 g/mol. The van der Waals surface area contributed by atoms with Crippen molar-refractivity contribution in [1.82, 2.24) is 5.32 Å². The van der Waals surface area contributed by atoms with Gasteiger partial charge >= 0.3 is 6.03 Å². The number of hydrogen-bond donors (Lipinski definition) is 3. The number of urea groups is 1. The predicted molar refractivity (Wildman–Crippen MR) is 99.1 cm³/mol. The van der Waals surface area contributed by atoms with Crippen molar-refractivity contribution in [3.63, 3.8) is 0 Å². The van der Waals surface area contributed by atoms with Crippen molar-refractivity contribution in [2.75, 3.05) is 23.8 Å². The van der Waals surface area contributed by atoms with Crippen LogP contribution in [0, 0.1) is 6.92 Å². The van der Waals surface area contributed by atoms with Crippen LogP contribution >= 0.6 is 0 Å². The summed E-state index contributed by atoms with van der Waals surface area (Å²) in [4.78, 5) is 12.2.